The number of para-hydroxylation sites is 1. The zero-order valence-electron chi connectivity index (χ0n) is 15.9. The molecule has 2 aromatic carbocycles. The minimum Gasteiger partial charge on any atom is -0.494 e. The van der Waals surface area contributed by atoms with Crippen molar-refractivity contribution in [2.45, 2.75) is 31.2 Å². The molecule has 2 aromatic rings. The third kappa shape index (κ3) is 5.80. The van der Waals surface area contributed by atoms with Crippen molar-refractivity contribution in [3.8, 4) is 5.75 Å². The first kappa shape index (κ1) is 20.9. The van der Waals surface area contributed by atoms with Crippen molar-refractivity contribution < 1.29 is 17.9 Å². The van der Waals surface area contributed by atoms with Crippen LogP contribution in [-0.2, 0) is 10.0 Å². The molecule has 0 aliphatic rings. The maximum Gasteiger partial charge on any atom is 0.251 e. The van der Waals surface area contributed by atoms with Gasteiger partial charge in [-0.15, -0.1) is 0 Å². The molecule has 0 aliphatic heterocycles. The van der Waals surface area contributed by atoms with Crippen molar-refractivity contribution in [2.24, 2.45) is 0 Å². The fourth-order valence-electron chi connectivity index (χ4n) is 2.32. The van der Waals surface area contributed by atoms with Crippen molar-refractivity contribution in [2.75, 3.05) is 20.2 Å². The van der Waals surface area contributed by atoms with Gasteiger partial charge in [0.1, 0.15) is 5.75 Å². The summed E-state index contributed by atoms with van der Waals surface area (Å²) in [7, 11) is -2.09. The molecule has 146 valence electrons. The molecule has 6 nitrogen and oxygen atoms in total. The van der Waals surface area contributed by atoms with Gasteiger partial charge >= 0.3 is 0 Å². The highest BCUT2D eigenvalue weighted by Gasteiger charge is 2.23. The van der Waals surface area contributed by atoms with E-state index in [2.05, 4.69) is 5.32 Å². The first-order chi connectivity index (χ1) is 12.8. The van der Waals surface area contributed by atoms with E-state index in [0.29, 0.717) is 25.1 Å². The fraction of sp³-hybridized carbons (Fsp3) is 0.350. The van der Waals surface area contributed by atoms with Crippen molar-refractivity contribution in [3.63, 3.8) is 0 Å². The van der Waals surface area contributed by atoms with Crippen LogP contribution < -0.4 is 10.1 Å². The van der Waals surface area contributed by atoms with Gasteiger partial charge in [-0.25, -0.2) is 8.42 Å². The molecule has 2 rings (SSSR count). The van der Waals surface area contributed by atoms with Gasteiger partial charge in [0, 0.05) is 25.2 Å². The van der Waals surface area contributed by atoms with Crippen molar-refractivity contribution >= 4 is 15.9 Å². The van der Waals surface area contributed by atoms with Crippen molar-refractivity contribution in [1.29, 1.82) is 0 Å². The Labute approximate surface area is 161 Å². The molecule has 7 heteroatoms. The maximum atomic E-state index is 12.6. The summed E-state index contributed by atoms with van der Waals surface area (Å²) in [6, 6.07) is 15.4. The summed E-state index contributed by atoms with van der Waals surface area (Å²) in [6.45, 7) is 4.52. The van der Waals surface area contributed by atoms with Gasteiger partial charge in [-0.1, -0.05) is 24.3 Å². The van der Waals surface area contributed by atoms with Crippen LogP contribution in [0.5, 0.6) is 5.75 Å². The number of benzene rings is 2. The van der Waals surface area contributed by atoms with E-state index in [-0.39, 0.29) is 16.8 Å². The van der Waals surface area contributed by atoms with Crippen molar-refractivity contribution in [1.82, 2.24) is 9.62 Å². The van der Waals surface area contributed by atoms with Gasteiger partial charge in [0.15, 0.2) is 0 Å². The Kier molecular flexibility index (Phi) is 7.38. The van der Waals surface area contributed by atoms with Crippen LogP contribution in [0.15, 0.2) is 59.5 Å². The number of nitrogens with one attached hydrogen (secondary N) is 1. The Morgan fingerprint density at radius 1 is 1.11 bits per heavy atom. The van der Waals surface area contributed by atoms with Crippen LogP contribution in [0.1, 0.15) is 30.6 Å². The number of nitrogens with zero attached hydrogens (tertiary/aromatic N) is 1. The predicted molar refractivity (Wildman–Crippen MR) is 105 cm³/mol. The molecule has 0 spiro atoms. The van der Waals surface area contributed by atoms with E-state index in [9.17, 15) is 13.2 Å². The summed E-state index contributed by atoms with van der Waals surface area (Å²) in [5.74, 6) is 0.481. The highest BCUT2D eigenvalue weighted by atomic mass is 32.2. The Hall–Kier alpha value is -2.38. The number of amides is 1. The van der Waals surface area contributed by atoms with E-state index in [1.54, 1.807) is 26.0 Å². The zero-order valence-corrected chi connectivity index (χ0v) is 16.7. The smallest absolute Gasteiger partial charge is 0.251 e. The molecule has 1 N–H and O–H groups in total. The van der Waals surface area contributed by atoms with E-state index >= 15 is 0 Å². The number of ether oxygens (including phenoxy) is 1. The molecular weight excluding hydrogens is 364 g/mol. The molecule has 0 saturated heterocycles. The minimum atomic E-state index is -3.62. The fourth-order valence-corrected chi connectivity index (χ4v) is 3.74. The lowest BCUT2D eigenvalue weighted by atomic mass is 10.2. The molecule has 0 radical (unpaired) electrons. The Morgan fingerprint density at radius 3 is 2.48 bits per heavy atom. The third-order valence-corrected chi connectivity index (χ3v) is 6.15. The average Bonchev–Trinajstić information content (AvgIpc) is 2.67. The summed E-state index contributed by atoms with van der Waals surface area (Å²) in [6.07, 6.45) is 0.648. The molecule has 0 aliphatic carbocycles. The van der Waals surface area contributed by atoms with Crippen molar-refractivity contribution in [3.05, 3.63) is 60.2 Å². The SMILES string of the molecule is CC(C)N(C)S(=O)(=O)c1cccc(C(=O)NCCCOc2ccccc2)c1. The van der Waals surface area contributed by atoms with Crippen LogP contribution >= 0.6 is 0 Å². The Balaban J connectivity index is 1.89. The number of carbonyl (C=O) groups excluding carboxylic acids is 1. The second-order valence-electron chi connectivity index (χ2n) is 6.41. The summed E-state index contributed by atoms with van der Waals surface area (Å²) in [5, 5.41) is 2.79. The number of sulfonamides is 1. The minimum absolute atomic E-state index is 0.110. The number of hydrogen-bond donors (Lipinski definition) is 1. The standard InChI is InChI=1S/C20H26N2O4S/c1-16(2)22(3)27(24,25)19-12-7-9-17(15-19)20(23)21-13-8-14-26-18-10-5-4-6-11-18/h4-7,9-12,15-16H,8,13-14H2,1-3H3,(H,21,23). The monoisotopic (exact) mass is 390 g/mol. The molecular formula is C20H26N2O4S. The van der Waals surface area contributed by atoms with Crippen LogP contribution in [-0.4, -0.2) is 44.9 Å². The lowest BCUT2D eigenvalue weighted by molar-refractivity contribution is 0.0951. The summed E-state index contributed by atoms with van der Waals surface area (Å²) in [4.78, 5) is 12.4. The lowest BCUT2D eigenvalue weighted by Crippen LogP contribution is -2.33. The molecule has 0 heterocycles. The summed E-state index contributed by atoms with van der Waals surface area (Å²) in [5.41, 5.74) is 0.317. The van der Waals surface area contributed by atoms with E-state index in [0.717, 1.165) is 5.75 Å². The highest BCUT2D eigenvalue weighted by Crippen LogP contribution is 2.18. The van der Waals surface area contributed by atoms with Gasteiger partial charge < -0.3 is 10.1 Å². The van der Waals surface area contributed by atoms with Crippen LogP contribution in [0, 0.1) is 0 Å². The molecule has 27 heavy (non-hydrogen) atoms. The van der Waals surface area contributed by atoms with E-state index in [1.165, 1.54) is 23.5 Å². The summed E-state index contributed by atoms with van der Waals surface area (Å²) >= 11 is 0. The molecule has 0 bridgehead atoms. The summed E-state index contributed by atoms with van der Waals surface area (Å²) < 4.78 is 32.0. The molecule has 0 unspecified atom stereocenters. The Bertz CT molecular complexity index is 851. The van der Waals surface area contributed by atoms with E-state index in [4.69, 9.17) is 4.74 Å². The van der Waals surface area contributed by atoms with Gasteiger partial charge in [0.05, 0.1) is 11.5 Å². The zero-order chi connectivity index (χ0) is 19.9. The van der Waals surface area contributed by atoms with Gasteiger partial charge in [-0.05, 0) is 50.6 Å². The van der Waals surface area contributed by atoms with Gasteiger partial charge in [-0.2, -0.15) is 4.31 Å². The van der Waals surface area contributed by atoms with E-state index < -0.39 is 10.0 Å². The molecule has 0 fully saturated rings. The third-order valence-electron chi connectivity index (χ3n) is 4.12. The predicted octanol–water partition coefficient (Wildman–Crippen LogP) is 2.91. The second-order valence-corrected chi connectivity index (χ2v) is 8.41. The average molecular weight is 391 g/mol. The largest absolute Gasteiger partial charge is 0.494 e. The number of hydrogen-bond acceptors (Lipinski definition) is 4. The van der Waals surface area contributed by atoms with Gasteiger partial charge in [0.25, 0.3) is 5.91 Å². The second kappa shape index (κ2) is 9.53. The topological polar surface area (TPSA) is 75.7 Å². The van der Waals surface area contributed by atoms with Gasteiger partial charge in [-0.3, -0.25) is 4.79 Å². The molecule has 0 aromatic heterocycles. The van der Waals surface area contributed by atoms with E-state index in [1.807, 2.05) is 30.3 Å². The van der Waals surface area contributed by atoms with Crippen LogP contribution in [0.3, 0.4) is 0 Å². The Morgan fingerprint density at radius 2 is 1.81 bits per heavy atom. The van der Waals surface area contributed by atoms with Crippen LogP contribution in [0.4, 0.5) is 0 Å². The number of rotatable bonds is 9. The quantitative estimate of drug-likeness (QED) is 0.668. The maximum absolute atomic E-state index is 12.6. The lowest BCUT2D eigenvalue weighted by Gasteiger charge is -2.21. The van der Waals surface area contributed by atoms with Gasteiger partial charge in [0.2, 0.25) is 10.0 Å². The number of carbonyl (C=O) groups is 1. The van der Waals surface area contributed by atoms with Crippen LogP contribution in [0.25, 0.3) is 0 Å². The first-order valence-electron chi connectivity index (χ1n) is 8.86. The molecule has 0 atom stereocenters. The van der Waals surface area contributed by atoms with Crippen LogP contribution in [0.2, 0.25) is 0 Å². The first-order valence-corrected chi connectivity index (χ1v) is 10.3. The highest BCUT2D eigenvalue weighted by molar-refractivity contribution is 7.89. The molecule has 1 amide bonds. The molecule has 0 saturated carbocycles. The normalized spacial score (nSPS) is 11.6.